The summed E-state index contributed by atoms with van der Waals surface area (Å²) in [6.45, 7) is 2.27. The molecule has 2 nitrogen and oxygen atoms in total. The first-order valence-corrected chi connectivity index (χ1v) is 8.97. The van der Waals surface area contributed by atoms with Crippen molar-refractivity contribution >= 4 is 46.4 Å². The van der Waals surface area contributed by atoms with E-state index in [0.29, 0.717) is 0 Å². The number of hydrogen-bond acceptors (Lipinski definition) is 2. The third kappa shape index (κ3) is 25.7. The van der Waals surface area contributed by atoms with Gasteiger partial charge < -0.3 is 9.90 Å². The summed E-state index contributed by atoms with van der Waals surface area (Å²) >= 11 is 0. The van der Waals surface area contributed by atoms with Crippen LogP contribution in [0.1, 0.15) is 110 Å². The van der Waals surface area contributed by atoms with E-state index < -0.39 is 5.97 Å². The maximum atomic E-state index is 10.2. The second kappa shape index (κ2) is 24.0. The van der Waals surface area contributed by atoms with Gasteiger partial charge in [-0.25, -0.2) is 0 Å². The molecule has 0 radical (unpaired) electrons. The Morgan fingerprint density at radius 2 is 0.909 bits per heavy atom. The van der Waals surface area contributed by atoms with Crippen molar-refractivity contribution in [2.75, 3.05) is 0 Å². The molecule has 0 saturated heterocycles. The minimum atomic E-state index is -0.903. The van der Waals surface area contributed by atoms with Crippen LogP contribution in [0.15, 0.2) is 0 Å². The maximum absolute atomic E-state index is 10.2. The molecule has 0 aliphatic heterocycles. The van der Waals surface area contributed by atoms with Crippen molar-refractivity contribution in [2.45, 2.75) is 110 Å². The average molecular weight is 335 g/mol. The predicted octanol–water partition coefficient (Wildman–Crippen LogP) is 4.24. The van der Waals surface area contributed by atoms with Gasteiger partial charge in [-0.2, -0.15) is 0 Å². The van der Waals surface area contributed by atoms with Gasteiger partial charge in [-0.15, -0.1) is 0 Å². The molecule has 0 aromatic heterocycles. The van der Waals surface area contributed by atoms with Gasteiger partial charge in [-0.05, 0) is 12.8 Å². The molecule has 0 N–H and O–H groups in total. The van der Waals surface area contributed by atoms with Crippen molar-refractivity contribution in [3.05, 3.63) is 0 Å². The van der Waals surface area contributed by atoms with Crippen LogP contribution in [0, 0.1) is 0 Å². The van der Waals surface area contributed by atoms with E-state index in [1.165, 1.54) is 83.5 Å². The fourth-order valence-electron chi connectivity index (χ4n) is 2.64. The molecule has 0 heterocycles. The zero-order valence-electron chi connectivity index (χ0n) is 14.9. The molecule has 0 unspecified atom stereocenters. The van der Waals surface area contributed by atoms with Gasteiger partial charge in [-0.3, -0.25) is 0 Å². The van der Waals surface area contributed by atoms with Crippen LogP contribution in [0.5, 0.6) is 0 Å². The van der Waals surface area contributed by atoms with Gasteiger partial charge in [0.1, 0.15) is 0 Å². The molecule has 0 aliphatic rings. The Hall–Kier alpha value is 0.769. The molecule has 0 aromatic carbocycles. The summed E-state index contributed by atoms with van der Waals surface area (Å²) in [4.78, 5) is 10.2. The quantitative estimate of drug-likeness (QED) is 0.313. The summed E-state index contributed by atoms with van der Waals surface area (Å²) in [5.74, 6) is -0.903. The number of carboxylic acids is 1. The standard InChI is InChI=1S/C18H36O2.Al.Mg/c1-2-3-4-5-6-7-8-9-10-11-12-13-14-15-16-17-18(19)20;;/h2-17H2,1H3,(H,19,20);;/q;+3;+2/p-1. The number of rotatable bonds is 16. The number of aliphatic carboxylic acids is 1. The summed E-state index contributed by atoms with van der Waals surface area (Å²) in [5, 5.41) is 10.2. The largest absolute Gasteiger partial charge is 3.00 e. The fraction of sp³-hybridized carbons (Fsp3) is 0.944. The maximum Gasteiger partial charge on any atom is 3.00 e. The molecule has 4 heteroatoms. The van der Waals surface area contributed by atoms with E-state index in [1.54, 1.807) is 0 Å². The monoisotopic (exact) mass is 334 g/mol. The van der Waals surface area contributed by atoms with E-state index in [-0.39, 0.29) is 46.8 Å². The van der Waals surface area contributed by atoms with Crippen LogP contribution in [0.3, 0.4) is 0 Å². The number of carbonyl (C=O) groups excluding carboxylic acids is 1. The van der Waals surface area contributed by atoms with E-state index in [0.717, 1.165) is 12.8 Å². The van der Waals surface area contributed by atoms with Crippen molar-refractivity contribution in [3.63, 3.8) is 0 Å². The van der Waals surface area contributed by atoms with E-state index in [2.05, 4.69) is 6.92 Å². The van der Waals surface area contributed by atoms with Crippen molar-refractivity contribution in [1.82, 2.24) is 0 Å². The number of carbonyl (C=O) groups is 1. The Bertz CT molecular complexity index is 213. The normalized spacial score (nSPS) is 9.86. The molecule has 0 aliphatic carbocycles. The van der Waals surface area contributed by atoms with Gasteiger partial charge in [0.2, 0.25) is 0 Å². The molecule has 0 amide bonds. The molecule has 0 rings (SSSR count). The van der Waals surface area contributed by atoms with Gasteiger partial charge >= 0.3 is 40.4 Å². The second-order valence-electron chi connectivity index (χ2n) is 6.07. The third-order valence-corrected chi connectivity index (χ3v) is 3.98. The Morgan fingerprint density at radius 3 is 1.18 bits per heavy atom. The van der Waals surface area contributed by atoms with E-state index in [4.69, 9.17) is 0 Å². The summed E-state index contributed by atoms with van der Waals surface area (Å²) in [5.41, 5.74) is 0. The Balaban J connectivity index is -0.00000180. The molecule has 0 bridgehead atoms. The number of carboxylic acid groups (broad SMARTS) is 1. The zero-order valence-corrected chi connectivity index (χ0v) is 17.5. The van der Waals surface area contributed by atoms with Crippen molar-refractivity contribution in [1.29, 1.82) is 0 Å². The number of unbranched alkanes of at least 4 members (excludes halogenated alkanes) is 14. The summed E-state index contributed by atoms with van der Waals surface area (Å²) < 4.78 is 0. The Morgan fingerprint density at radius 1 is 0.636 bits per heavy atom. The van der Waals surface area contributed by atoms with Gasteiger partial charge in [0, 0.05) is 5.97 Å². The first-order chi connectivity index (χ1) is 9.77. The molecule has 22 heavy (non-hydrogen) atoms. The topological polar surface area (TPSA) is 40.1 Å². The predicted molar refractivity (Wildman–Crippen MR) is 96.1 cm³/mol. The van der Waals surface area contributed by atoms with Crippen LogP contribution in [0.25, 0.3) is 0 Å². The smallest absolute Gasteiger partial charge is 0.550 e. The van der Waals surface area contributed by atoms with Gasteiger partial charge in [0.05, 0.1) is 0 Å². The minimum absolute atomic E-state index is 0. The van der Waals surface area contributed by atoms with Crippen molar-refractivity contribution < 1.29 is 9.90 Å². The summed E-state index contributed by atoms with van der Waals surface area (Å²) in [6, 6.07) is 0. The Kier molecular flexibility index (Phi) is 30.2. The molecule has 0 aromatic rings. The summed E-state index contributed by atoms with van der Waals surface area (Å²) in [6.07, 6.45) is 19.9. The second-order valence-corrected chi connectivity index (χ2v) is 6.07. The minimum Gasteiger partial charge on any atom is -0.550 e. The third-order valence-electron chi connectivity index (χ3n) is 3.98. The van der Waals surface area contributed by atoms with E-state index >= 15 is 0 Å². The molecule has 0 saturated carbocycles. The first-order valence-electron chi connectivity index (χ1n) is 8.97. The SMILES string of the molecule is CCCCCCCCCCCCCCCCCC(=O)[O-].[Al+3].[Mg+2]. The van der Waals surface area contributed by atoms with Crippen LogP contribution >= 0.6 is 0 Å². The van der Waals surface area contributed by atoms with Crippen LogP contribution in [-0.2, 0) is 4.79 Å². The van der Waals surface area contributed by atoms with Gasteiger partial charge in [0.15, 0.2) is 0 Å². The molecular weight excluding hydrogens is 299 g/mol. The zero-order chi connectivity index (χ0) is 14.9. The van der Waals surface area contributed by atoms with Crippen molar-refractivity contribution in [3.8, 4) is 0 Å². The molecule has 0 fully saturated rings. The molecule has 0 atom stereocenters. The molecular formula is C18H35AlMgO2+4. The summed E-state index contributed by atoms with van der Waals surface area (Å²) in [7, 11) is 0. The first kappa shape index (κ1) is 27.6. The molecule has 0 spiro atoms. The van der Waals surface area contributed by atoms with Gasteiger partial charge in [-0.1, -0.05) is 96.8 Å². The van der Waals surface area contributed by atoms with Gasteiger partial charge in [0.25, 0.3) is 0 Å². The average Bonchev–Trinajstić information content (AvgIpc) is 2.43. The Labute approximate surface area is 165 Å². The van der Waals surface area contributed by atoms with Crippen LogP contribution in [0.4, 0.5) is 0 Å². The number of hydrogen-bond donors (Lipinski definition) is 0. The van der Waals surface area contributed by atoms with Crippen molar-refractivity contribution in [2.24, 2.45) is 0 Å². The van der Waals surface area contributed by atoms with E-state index in [1.807, 2.05) is 0 Å². The van der Waals surface area contributed by atoms with E-state index in [9.17, 15) is 9.90 Å². The molecule has 120 valence electrons. The fourth-order valence-corrected chi connectivity index (χ4v) is 2.64. The van der Waals surface area contributed by atoms with Crippen LogP contribution < -0.4 is 5.11 Å². The van der Waals surface area contributed by atoms with Crippen LogP contribution in [0.2, 0.25) is 0 Å². The van der Waals surface area contributed by atoms with Crippen LogP contribution in [-0.4, -0.2) is 46.4 Å².